The van der Waals surface area contributed by atoms with Crippen LogP contribution in [0.4, 0.5) is 8.78 Å². The first-order valence-corrected chi connectivity index (χ1v) is 14.3. The number of hydrogen-bond acceptors (Lipinski definition) is 8. The van der Waals surface area contributed by atoms with Crippen molar-refractivity contribution in [1.82, 2.24) is 20.0 Å². The van der Waals surface area contributed by atoms with Crippen LogP contribution in [0.5, 0.6) is 0 Å². The Morgan fingerprint density at radius 2 is 1.95 bits per heavy atom. The summed E-state index contributed by atoms with van der Waals surface area (Å²) < 4.78 is 48.4. The fraction of sp³-hybridized carbons (Fsp3) is 0.296. The summed E-state index contributed by atoms with van der Waals surface area (Å²) in [6, 6.07) is 13.6. The molecule has 1 aliphatic heterocycles. The topological polar surface area (TPSA) is 91.5 Å². The van der Waals surface area contributed by atoms with Crippen LogP contribution < -0.4 is 0 Å². The third-order valence-corrected chi connectivity index (χ3v) is 8.04. The molecule has 1 aliphatic rings. The van der Waals surface area contributed by atoms with E-state index in [1.54, 1.807) is 12.4 Å². The van der Waals surface area contributed by atoms with E-state index in [-0.39, 0.29) is 30.5 Å². The Morgan fingerprint density at radius 3 is 2.65 bits per heavy atom. The predicted molar refractivity (Wildman–Crippen MR) is 149 cm³/mol. The van der Waals surface area contributed by atoms with Crippen LogP contribution in [0.15, 0.2) is 76.5 Å². The van der Waals surface area contributed by atoms with Crippen LogP contribution in [-0.2, 0) is 20.8 Å². The molecule has 1 fully saturated rings. The van der Waals surface area contributed by atoms with Gasteiger partial charge in [-0.25, -0.2) is 13.5 Å². The number of ether oxygens (including phenoxy) is 3. The van der Waals surface area contributed by atoms with E-state index in [0.29, 0.717) is 0 Å². The van der Waals surface area contributed by atoms with Gasteiger partial charge in [-0.1, -0.05) is 58.9 Å². The molecule has 0 spiro atoms. The predicted octanol–water partition coefficient (Wildman–Crippen LogP) is 6.03. The number of aliphatic hydroxyl groups is 1. The van der Waals surface area contributed by atoms with Gasteiger partial charge in [0.05, 0.1) is 25.5 Å². The minimum atomic E-state index is -1.07. The third kappa shape index (κ3) is 7.06. The Balaban J connectivity index is 1.30. The van der Waals surface area contributed by atoms with Crippen molar-refractivity contribution in [3.63, 3.8) is 0 Å². The molecule has 5 atom stereocenters. The van der Waals surface area contributed by atoms with Gasteiger partial charge in [0.25, 0.3) is 0 Å². The minimum Gasteiger partial charge on any atom is -0.388 e. The molecule has 3 heterocycles. The Hall–Kier alpha value is -2.45. The van der Waals surface area contributed by atoms with E-state index in [2.05, 4.69) is 31.2 Å². The molecule has 0 aliphatic carbocycles. The molecule has 8 nitrogen and oxygen atoms in total. The van der Waals surface area contributed by atoms with Crippen LogP contribution >= 0.6 is 39.3 Å². The Kier molecular flexibility index (Phi) is 9.46. The van der Waals surface area contributed by atoms with Crippen LogP contribution in [0.3, 0.4) is 0 Å². The lowest BCUT2D eigenvalue weighted by molar-refractivity contribution is -0.266. The van der Waals surface area contributed by atoms with Crippen LogP contribution in [0.1, 0.15) is 18.8 Å². The molecule has 0 amide bonds. The van der Waals surface area contributed by atoms with Gasteiger partial charge in [0.2, 0.25) is 0 Å². The van der Waals surface area contributed by atoms with E-state index in [1.165, 1.54) is 22.6 Å². The molecule has 0 bridgehead atoms. The standard InChI is InChI=1S/C27H24BrClF2N4O4S/c1-15-24(14-37-26(38-15)16-5-3-2-4-6-16)39-27(40-19-9-18(28)10-32-11-19)23(36)13-35-12-22(33-34-35)17-7-20(30)25(29)21(31)8-17/h2-12,15,23-24,26-27,36H,13-14H2,1H3/t15-,23+,24?,26?,27?/m1/s1. The van der Waals surface area contributed by atoms with Gasteiger partial charge in [-0.15, -0.1) is 5.10 Å². The number of halogens is 4. The first-order valence-electron chi connectivity index (χ1n) is 12.2. The first kappa shape index (κ1) is 29.1. The fourth-order valence-corrected chi connectivity index (χ4v) is 5.69. The Morgan fingerprint density at radius 1 is 1.20 bits per heavy atom. The summed E-state index contributed by atoms with van der Waals surface area (Å²) in [5.41, 5.74) is 0.516. The molecule has 13 heteroatoms. The molecule has 0 radical (unpaired) electrons. The van der Waals surface area contributed by atoms with Crippen LogP contribution in [0, 0.1) is 11.6 Å². The number of nitrogens with zero attached hydrogens (tertiary/aromatic N) is 4. The molecule has 4 aromatic rings. The Labute approximate surface area is 246 Å². The largest absolute Gasteiger partial charge is 0.388 e. The van der Waals surface area contributed by atoms with Gasteiger partial charge < -0.3 is 19.3 Å². The maximum absolute atomic E-state index is 13.9. The van der Waals surface area contributed by atoms with Gasteiger partial charge >= 0.3 is 0 Å². The monoisotopic (exact) mass is 652 g/mol. The average molecular weight is 654 g/mol. The maximum atomic E-state index is 13.9. The quantitative estimate of drug-likeness (QED) is 0.133. The highest BCUT2D eigenvalue weighted by Gasteiger charge is 2.35. The number of aliphatic hydroxyl groups excluding tert-OH is 1. The second-order valence-electron chi connectivity index (χ2n) is 9.06. The van der Waals surface area contributed by atoms with Crippen molar-refractivity contribution in [2.24, 2.45) is 0 Å². The second-order valence-corrected chi connectivity index (χ2v) is 11.5. The van der Waals surface area contributed by atoms with Gasteiger partial charge in [-0.05, 0) is 41.1 Å². The van der Waals surface area contributed by atoms with E-state index in [9.17, 15) is 13.9 Å². The van der Waals surface area contributed by atoms with Crippen molar-refractivity contribution in [1.29, 1.82) is 0 Å². The molecule has 5 rings (SSSR count). The average Bonchev–Trinajstić information content (AvgIpc) is 3.41. The maximum Gasteiger partial charge on any atom is 0.184 e. The highest BCUT2D eigenvalue weighted by Crippen LogP contribution is 2.33. The van der Waals surface area contributed by atoms with Crippen molar-refractivity contribution in [3.05, 3.63) is 93.8 Å². The summed E-state index contributed by atoms with van der Waals surface area (Å²) in [5, 5.41) is 18.7. The molecule has 40 heavy (non-hydrogen) atoms. The van der Waals surface area contributed by atoms with Gasteiger partial charge in [0.15, 0.2) is 6.29 Å². The van der Waals surface area contributed by atoms with Crippen molar-refractivity contribution in [2.75, 3.05) is 6.61 Å². The summed E-state index contributed by atoms with van der Waals surface area (Å²) in [6.07, 6.45) is 2.41. The number of aromatic nitrogens is 4. The SMILES string of the molecule is C[C@H]1OC(c2ccccc2)OCC1OC(Sc1cncc(Br)c1)[C@@H](O)Cn1cc(-c2cc(F)c(Cl)c(F)c2)nn1. The second kappa shape index (κ2) is 13.0. The summed E-state index contributed by atoms with van der Waals surface area (Å²) in [7, 11) is 0. The number of pyridine rings is 1. The lowest BCUT2D eigenvalue weighted by Gasteiger charge is -2.37. The van der Waals surface area contributed by atoms with E-state index < -0.39 is 40.6 Å². The van der Waals surface area contributed by atoms with Crippen molar-refractivity contribution in [3.8, 4) is 11.3 Å². The van der Waals surface area contributed by atoms with Crippen LogP contribution in [0.2, 0.25) is 5.02 Å². The van der Waals surface area contributed by atoms with E-state index in [0.717, 1.165) is 27.1 Å². The summed E-state index contributed by atoms with van der Waals surface area (Å²) in [6.45, 7) is 2.13. The molecule has 0 saturated carbocycles. The molecule has 210 valence electrons. The normalized spacial score (nSPS) is 20.8. The zero-order chi connectivity index (χ0) is 28.2. The molecule has 2 aromatic heterocycles. The molecule has 2 aromatic carbocycles. The lowest BCUT2D eigenvalue weighted by Crippen LogP contribution is -2.44. The van der Waals surface area contributed by atoms with Crippen molar-refractivity contribution >= 4 is 39.3 Å². The van der Waals surface area contributed by atoms with Crippen molar-refractivity contribution in [2.45, 2.75) is 48.4 Å². The molecule has 3 unspecified atom stereocenters. The number of hydrogen-bond donors (Lipinski definition) is 1. The number of benzene rings is 2. The van der Waals surface area contributed by atoms with Gasteiger partial charge in [-0.3, -0.25) is 4.98 Å². The summed E-state index contributed by atoms with van der Waals surface area (Å²) >= 11 is 10.3. The summed E-state index contributed by atoms with van der Waals surface area (Å²) in [4.78, 5) is 4.95. The van der Waals surface area contributed by atoms with E-state index >= 15 is 0 Å². The first-order chi connectivity index (χ1) is 19.3. The zero-order valence-electron chi connectivity index (χ0n) is 21.0. The lowest BCUT2D eigenvalue weighted by atomic mass is 10.1. The highest BCUT2D eigenvalue weighted by atomic mass is 79.9. The molecule has 1 N–H and O–H groups in total. The van der Waals surface area contributed by atoms with E-state index in [1.807, 2.05) is 43.3 Å². The van der Waals surface area contributed by atoms with Crippen LogP contribution in [-0.4, -0.2) is 55.4 Å². The molecule has 1 saturated heterocycles. The number of thioether (sulfide) groups is 1. The summed E-state index contributed by atoms with van der Waals surface area (Å²) in [5.74, 6) is -1.81. The van der Waals surface area contributed by atoms with Crippen LogP contribution in [0.25, 0.3) is 11.3 Å². The van der Waals surface area contributed by atoms with E-state index in [4.69, 9.17) is 25.8 Å². The molecular formula is C27H24BrClF2N4O4S. The minimum absolute atomic E-state index is 0.0138. The number of rotatable bonds is 9. The fourth-order valence-electron chi connectivity index (χ4n) is 4.04. The Bertz CT molecular complexity index is 1430. The molecular weight excluding hydrogens is 630 g/mol. The zero-order valence-corrected chi connectivity index (χ0v) is 24.2. The smallest absolute Gasteiger partial charge is 0.184 e. The van der Waals surface area contributed by atoms with Gasteiger partial charge in [0.1, 0.15) is 40.0 Å². The third-order valence-electron chi connectivity index (χ3n) is 6.09. The van der Waals surface area contributed by atoms with Gasteiger partial charge in [0, 0.05) is 32.9 Å². The highest BCUT2D eigenvalue weighted by molar-refractivity contribution is 9.10. The van der Waals surface area contributed by atoms with Crippen molar-refractivity contribution < 1.29 is 28.1 Å². The van der Waals surface area contributed by atoms with Gasteiger partial charge in [-0.2, -0.15) is 0 Å².